The van der Waals surface area contributed by atoms with Gasteiger partial charge in [0.2, 0.25) is 0 Å². The van der Waals surface area contributed by atoms with Crippen molar-refractivity contribution in [2.45, 2.75) is 33.6 Å². The van der Waals surface area contributed by atoms with Gasteiger partial charge in [0.25, 0.3) is 11.8 Å². The number of nitrogens with zero attached hydrogens (tertiary/aromatic N) is 2. The van der Waals surface area contributed by atoms with Crippen LogP contribution in [0.2, 0.25) is 0 Å². The zero-order valence-electron chi connectivity index (χ0n) is 18.0. The van der Waals surface area contributed by atoms with Crippen LogP contribution in [0, 0.1) is 6.92 Å². The Balaban J connectivity index is 1.65. The van der Waals surface area contributed by atoms with Gasteiger partial charge in [-0.05, 0) is 50.3 Å². The number of ether oxygens (including phenoxy) is 2. The Morgan fingerprint density at radius 2 is 1.79 bits per heavy atom. The number of aryl methyl sites for hydroxylation is 2. The summed E-state index contributed by atoms with van der Waals surface area (Å²) >= 11 is 0. The monoisotopic (exact) mass is 480 g/mol. The Labute approximate surface area is 191 Å². The van der Waals surface area contributed by atoms with Crippen molar-refractivity contribution >= 4 is 28.9 Å². The number of alkyl halides is 4. The summed E-state index contributed by atoms with van der Waals surface area (Å²) in [7, 11) is 0. The summed E-state index contributed by atoms with van der Waals surface area (Å²) in [5.74, 6) is -1.44. The number of benzene rings is 2. The van der Waals surface area contributed by atoms with Crippen molar-refractivity contribution in [3.8, 4) is 11.5 Å². The van der Waals surface area contributed by atoms with Crippen molar-refractivity contribution in [1.82, 2.24) is 20.4 Å². The van der Waals surface area contributed by atoms with Crippen LogP contribution in [-0.2, 0) is 11.3 Å². The average Bonchev–Trinajstić information content (AvgIpc) is 3.10. The molecule has 3 rings (SSSR count). The number of hydrazine groups is 1. The van der Waals surface area contributed by atoms with E-state index in [9.17, 15) is 27.2 Å². The van der Waals surface area contributed by atoms with Crippen LogP contribution < -0.4 is 20.3 Å². The van der Waals surface area contributed by atoms with Gasteiger partial charge in [0.1, 0.15) is 17.3 Å². The molecule has 2 N–H and O–H groups in total. The van der Waals surface area contributed by atoms with Crippen molar-refractivity contribution in [2.24, 2.45) is 0 Å². The van der Waals surface area contributed by atoms with Crippen LogP contribution in [0.25, 0.3) is 17.1 Å². The van der Waals surface area contributed by atoms with Gasteiger partial charge in [-0.15, -0.1) is 0 Å². The quantitative estimate of drug-likeness (QED) is 0.288. The van der Waals surface area contributed by atoms with E-state index in [4.69, 9.17) is 0 Å². The Hall–Kier alpha value is -4.09. The fourth-order valence-corrected chi connectivity index (χ4v) is 3.21. The molecule has 0 bridgehead atoms. The fourth-order valence-electron chi connectivity index (χ4n) is 3.21. The number of fused-ring (bicyclic) bond motifs is 1. The number of amides is 2. The van der Waals surface area contributed by atoms with E-state index in [1.54, 1.807) is 18.2 Å². The molecule has 34 heavy (non-hydrogen) atoms. The lowest BCUT2D eigenvalue weighted by Crippen LogP contribution is -2.40. The molecule has 1 heterocycles. The minimum atomic E-state index is -3.23. The van der Waals surface area contributed by atoms with E-state index in [2.05, 4.69) is 25.3 Å². The SMILES string of the molecule is CCn1c(C)nc2cc(C(=O)NNC(=O)/C=C/c3ccc(OC(F)F)cc3OC(F)F)ccc21. The van der Waals surface area contributed by atoms with Crippen molar-refractivity contribution in [3.63, 3.8) is 0 Å². The first-order chi connectivity index (χ1) is 16.2. The second kappa shape index (κ2) is 10.7. The van der Waals surface area contributed by atoms with E-state index in [-0.39, 0.29) is 11.1 Å². The summed E-state index contributed by atoms with van der Waals surface area (Å²) in [6.07, 6.45) is 2.05. The van der Waals surface area contributed by atoms with Gasteiger partial charge < -0.3 is 14.0 Å². The summed E-state index contributed by atoms with van der Waals surface area (Å²) in [6.45, 7) is -1.82. The smallest absolute Gasteiger partial charge is 0.387 e. The Morgan fingerprint density at radius 1 is 1.06 bits per heavy atom. The maximum atomic E-state index is 12.6. The lowest BCUT2D eigenvalue weighted by atomic mass is 10.1. The third-order valence-corrected chi connectivity index (χ3v) is 4.66. The number of hydrogen-bond donors (Lipinski definition) is 2. The zero-order valence-corrected chi connectivity index (χ0v) is 18.0. The van der Waals surface area contributed by atoms with Crippen molar-refractivity contribution < 1.29 is 36.6 Å². The zero-order chi connectivity index (χ0) is 24.8. The third kappa shape index (κ3) is 6.03. The highest BCUT2D eigenvalue weighted by atomic mass is 19.3. The predicted molar refractivity (Wildman–Crippen MR) is 114 cm³/mol. The molecular weight excluding hydrogens is 460 g/mol. The highest BCUT2D eigenvalue weighted by molar-refractivity contribution is 6.00. The average molecular weight is 480 g/mol. The first-order valence-corrected chi connectivity index (χ1v) is 9.97. The van der Waals surface area contributed by atoms with Crippen LogP contribution in [0.3, 0.4) is 0 Å². The van der Waals surface area contributed by atoms with Gasteiger partial charge in [-0.25, -0.2) is 4.98 Å². The molecule has 2 aromatic carbocycles. The van der Waals surface area contributed by atoms with Gasteiger partial charge in [0.15, 0.2) is 0 Å². The summed E-state index contributed by atoms with van der Waals surface area (Å²) in [5, 5.41) is 0. The molecule has 0 fully saturated rings. The second-order valence-electron chi connectivity index (χ2n) is 6.84. The van der Waals surface area contributed by atoms with E-state index in [1.165, 1.54) is 0 Å². The van der Waals surface area contributed by atoms with Gasteiger partial charge in [-0.1, -0.05) is 0 Å². The highest BCUT2D eigenvalue weighted by Crippen LogP contribution is 2.28. The minimum Gasteiger partial charge on any atom is -0.435 e. The topological polar surface area (TPSA) is 94.5 Å². The van der Waals surface area contributed by atoms with Crippen LogP contribution in [0.1, 0.15) is 28.7 Å². The molecule has 0 radical (unpaired) electrons. The van der Waals surface area contributed by atoms with E-state index < -0.39 is 36.5 Å². The molecule has 0 spiro atoms. The van der Waals surface area contributed by atoms with Gasteiger partial charge in [-0.2, -0.15) is 17.6 Å². The second-order valence-corrected chi connectivity index (χ2v) is 6.84. The van der Waals surface area contributed by atoms with Gasteiger partial charge in [-0.3, -0.25) is 20.4 Å². The molecule has 0 aliphatic rings. The van der Waals surface area contributed by atoms with Crippen LogP contribution >= 0.6 is 0 Å². The number of nitrogens with one attached hydrogen (secondary N) is 2. The largest absolute Gasteiger partial charge is 0.435 e. The molecule has 0 saturated carbocycles. The molecule has 8 nitrogen and oxygen atoms in total. The number of carbonyl (C=O) groups excluding carboxylic acids is 2. The fraction of sp³-hybridized carbons (Fsp3) is 0.227. The summed E-state index contributed by atoms with van der Waals surface area (Å²) in [4.78, 5) is 28.8. The number of rotatable bonds is 8. The van der Waals surface area contributed by atoms with Crippen LogP contribution in [0.4, 0.5) is 17.6 Å². The lowest BCUT2D eigenvalue weighted by Gasteiger charge is -2.11. The highest BCUT2D eigenvalue weighted by Gasteiger charge is 2.14. The molecule has 0 aliphatic heterocycles. The summed E-state index contributed by atoms with van der Waals surface area (Å²) in [6, 6.07) is 8.02. The summed E-state index contributed by atoms with van der Waals surface area (Å²) in [5.41, 5.74) is 6.15. The van der Waals surface area contributed by atoms with Gasteiger partial charge in [0.05, 0.1) is 11.0 Å². The molecule has 0 unspecified atom stereocenters. The van der Waals surface area contributed by atoms with Gasteiger partial charge >= 0.3 is 13.2 Å². The molecule has 2 amide bonds. The Bertz CT molecular complexity index is 1230. The summed E-state index contributed by atoms with van der Waals surface area (Å²) < 4.78 is 60.4. The van der Waals surface area contributed by atoms with Gasteiger partial charge in [0, 0.05) is 29.8 Å². The van der Waals surface area contributed by atoms with Crippen molar-refractivity contribution in [1.29, 1.82) is 0 Å². The third-order valence-electron chi connectivity index (χ3n) is 4.66. The molecule has 0 atom stereocenters. The normalized spacial score (nSPS) is 11.4. The number of halogens is 4. The number of hydrogen-bond acceptors (Lipinski definition) is 5. The number of carbonyl (C=O) groups is 2. The van der Waals surface area contributed by atoms with E-state index in [0.717, 1.165) is 48.2 Å². The molecule has 0 aliphatic carbocycles. The predicted octanol–water partition coefficient (Wildman–Crippen LogP) is 4.04. The molecule has 0 saturated heterocycles. The first-order valence-electron chi connectivity index (χ1n) is 9.97. The number of aromatic nitrogens is 2. The Morgan fingerprint density at radius 3 is 2.47 bits per heavy atom. The number of imidazole rings is 1. The van der Waals surface area contributed by atoms with Crippen LogP contribution in [0.5, 0.6) is 11.5 Å². The van der Waals surface area contributed by atoms with E-state index in [1.807, 2.05) is 18.4 Å². The molecule has 3 aromatic rings. The first kappa shape index (κ1) is 24.6. The maximum Gasteiger partial charge on any atom is 0.387 e. The van der Waals surface area contributed by atoms with Crippen LogP contribution in [-0.4, -0.2) is 34.6 Å². The maximum absolute atomic E-state index is 12.6. The lowest BCUT2D eigenvalue weighted by molar-refractivity contribution is -0.117. The molecule has 1 aromatic heterocycles. The van der Waals surface area contributed by atoms with Crippen molar-refractivity contribution in [2.75, 3.05) is 0 Å². The minimum absolute atomic E-state index is 0.00396. The molecular formula is C22H20F4N4O4. The Kier molecular flexibility index (Phi) is 7.71. The van der Waals surface area contributed by atoms with E-state index in [0.29, 0.717) is 5.52 Å². The van der Waals surface area contributed by atoms with E-state index >= 15 is 0 Å². The standard InChI is InChI=1S/C22H20F4N4O4/c1-3-30-12(2)27-16-10-14(5-8-17(16)30)20(32)29-28-19(31)9-6-13-4-7-15(33-21(23)24)11-18(13)34-22(25)26/h4-11,21-22H,3H2,1-2H3,(H,28,31)(H,29,32)/b9-6+. The molecule has 180 valence electrons. The van der Waals surface area contributed by atoms with Crippen LogP contribution in [0.15, 0.2) is 42.5 Å². The molecule has 12 heteroatoms. The van der Waals surface area contributed by atoms with Crippen molar-refractivity contribution in [3.05, 3.63) is 59.4 Å².